The highest BCUT2D eigenvalue weighted by Gasteiger charge is 2.72. The first-order valence-electron chi connectivity index (χ1n) is 21.2. The Hall–Kier alpha value is -6.07. The van der Waals surface area contributed by atoms with Crippen molar-refractivity contribution in [3.63, 3.8) is 0 Å². The standard InChI is InChI=1S/C48H44Cl2FN7O5/c1-27-31-12-8-11-28(33(31)26-58(27)38-19-20-39(59)56-44(38)61)10-4-2-7-23-52-43(60)36-18-16-30(25-53-36)54-45(62)42-40(32-13-9-14-35(50)41(32)51)48(47(57-42)21-5-3-6-22-47)34-17-15-29(49)24-37(34)55-46(48)63/h8-9,11-18,24-25,38,40,42,57H,1-3,5-7,19-23,26H2,(H,52,60)(H,54,62)(H,55,63)(H,56,59,61)/t38?,40-,42+,48+/m0/s1. The molecule has 12 nitrogen and oxygen atoms in total. The van der Waals surface area contributed by atoms with E-state index in [1.165, 1.54) is 18.3 Å². The van der Waals surface area contributed by atoms with E-state index in [1.807, 2.05) is 23.1 Å². The molecule has 5 heterocycles. The van der Waals surface area contributed by atoms with E-state index < -0.39 is 46.6 Å². The molecule has 1 aromatic heterocycles. The van der Waals surface area contributed by atoms with Gasteiger partial charge in [0.25, 0.3) is 5.91 Å². The Balaban J connectivity index is 0.860. The van der Waals surface area contributed by atoms with Gasteiger partial charge in [-0.3, -0.25) is 34.6 Å². The minimum absolute atomic E-state index is 0.115. The molecule has 3 aromatic carbocycles. The van der Waals surface area contributed by atoms with Gasteiger partial charge in [0.15, 0.2) is 0 Å². The first kappa shape index (κ1) is 42.2. The van der Waals surface area contributed by atoms with Gasteiger partial charge >= 0.3 is 0 Å². The van der Waals surface area contributed by atoms with Crippen LogP contribution in [0.4, 0.5) is 15.8 Å². The van der Waals surface area contributed by atoms with Gasteiger partial charge in [-0.2, -0.15) is 0 Å². The maximum absolute atomic E-state index is 16.2. The second kappa shape index (κ2) is 16.9. The Morgan fingerprint density at radius 2 is 1.81 bits per heavy atom. The second-order valence-corrected chi connectivity index (χ2v) is 17.6. The lowest BCUT2D eigenvalue weighted by Crippen LogP contribution is -2.60. The first-order chi connectivity index (χ1) is 30.4. The molecular formula is C48H44Cl2FN7O5. The molecule has 4 aromatic rings. The van der Waals surface area contributed by atoms with E-state index in [4.69, 9.17) is 23.2 Å². The number of benzene rings is 3. The molecule has 5 aliphatic rings. The fourth-order valence-corrected chi connectivity index (χ4v) is 10.9. The summed E-state index contributed by atoms with van der Waals surface area (Å²) in [6.07, 6.45) is 6.96. The maximum Gasteiger partial charge on any atom is 0.269 e. The molecule has 9 rings (SSSR count). The molecule has 4 aliphatic heterocycles. The van der Waals surface area contributed by atoms with Crippen molar-refractivity contribution in [1.29, 1.82) is 0 Å². The monoisotopic (exact) mass is 887 g/mol. The van der Waals surface area contributed by atoms with Crippen LogP contribution in [0, 0.1) is 17.7 Å². The molecule has 1 aliphatic carbocycles. The zero-order valence-electron chi connectivity index (χ0n) is 34.2. The fraction of sp³-hybridized carbons (Fsp3) is 0.333. The van der Waals surface area contributed by atoms with E-state index in [-0.39, 0.29) is 40.4 Å². The number of carbonyl (C=O) groups excluding carboxylic acids is 5. The van der Waals surface area contributed by atoms with Gasteiger partial charge in [0, 0.05) is 64.9 Å². The van der Waals surface area contributed by atoms with Crippen LogP contribution in [0.2, 0.25) is 10.0 Å². The van der Waals surface area contributed by atoms with Gasteiger partial charge in [0.05, 0.1) is 22.9 Å². The normalized spacial score (nSPS) is 23.2. The first-order valence-corrected chi connectivity index (χ1v) is 22.0. The summed E-state index contributed by atoms with van der Waals surface area (Å²) in [5.74, 6) is 2.95. The average Bonchev–Trinajstić information content (AvgIpc) is 3.87. The third-order valence-corrected chi connectivity index (χ3v) is 13.8. The summed E-state index contributed by atoms with van der Waals surface area (Å²) in [5, 5.41) is 15.2. The number of carbonyl (C=O) groups is 5. The number of anilines is 2. The summed E-state index contributed by atoms with van der Waals surface area (Å²) in [4.78, 5) is 72.7. The third kappa shape index (κ3) is 7.33. The molecule has 2 saturated heterocycles. The van der Waals surface area contributed by atoms with Crippen LogP contribution >= 0.6 is 23.2 Å². The van der Waals surface area contributed by atoms with Crippen LogP contribution in [0.5, 0.6) is 0 Å². The number of aromatic nitrogens is 1. The van der Waals surface area contributed by atoms with Gasteiger partial charge in [0.2, 0.25) is 23.6 Å². The molecule has 0 bridgehead atoms. The van der Waals surface area contributed by atoms with Crippen molar-refractivity contribution in [1.82, 2.24) is 25.8 Å². The van der Waals surface area contributed by atoms with E-state index in [2.05, 4.69) is 50.0 Å². The van der Waals surface area contributed by atoms with Gasteiger partial charge in [-0.25, -0.2) is 9.37 Å². The molecule has 1 saturated carbocycles. The van der Waals surface area contributed by atoms with Crippen LogP contribution in [0.25, 0.3) is 5.70 Å². The lowest BCUT2D eigenvalue weighted by atomic mass is 9.55. The summed E-state index contributed by atoms with van der Waals surface area (Å²) >= 11 is 12.8. The average molecular weight is 889 g/mol. The zero-order valence-corrected chi connectivity index (χ0v) is 35.7. The molecule has 5 amide bonds. The summed E-state index contributed by atoms with van der Waals surface area (Å²) in [6.45, 7) is 5.04. The number of piperidine rings is 1. The van der Waals surface area contributed by atoms with Crippen LogP contribution in [-0.2, 0) is 31.1 Å². The van der Waals surface area contributed by atoms with Crippen LogP contribution in [0.3, 0.4) is 0 Å². The number of nitrogens with one attached hydrogen (secondary N) is 5. The molecule has 5 N–H and O–H groups in total. The highest BCUT2D eigenvalue weighted by Crippen LogP contribution is 2.63. The molecular weight excluding hydrogens is 844 g/mol. The van der Waals surface area contributed by atoms with Gasteiger partial charge in [-0.15, -0.1) is 0 Å². The fourth-order valence-electron chi connectivity index (χ4n) is 10.5. The number of pyridine rings is 1. The highest BCUT2D eigenvalue weighted by molar-refractivity contribution is 6.31. The second-order valence-electron chi connectivity index (χ2n) is 16.8. The number of halogens is 3. The molecule has 4 atom stereocenters. The van der Waals surface area contributed by atoms with Crippen LogP contribution in [0.1, 0.15) is 102 Å². The van der Waals surface area contributed by atoms with Crippen LogP contribution in [-0.4, -0.2) is 63.6 Å². The van der Waals surface area contributed by atoms with Gasteiger partial charge in [-0.1, -0.05) is 91.2 Å². The lowest BCUT2D eigenvalue weighted by molar-refractivity contribution is -0.136. The molecule has 322 valence electrons. The molecule has 0 radical (unpaired) electrons. The van der Waals surface area contributed by atoms with E-state index in [1.54, 1.807) is 36.4 Å². The number of amides is 5. The summed E-state index contributed by atoms with van der Waals surface area (Å²) in [7, 11) is 0. The minimum Gasteiger partial charge on any atom is -0.355 e. The van der Waals surface area contributed by atoms with Crippen molar-refractivity contribution < 1.29 is 28.4 Å². The Kier molecular flexibility index (Phi) is 11.3. The Labute approximate surface area is 373 Å². The van der Waals surface area contributed by atoms with E-state index in [0.717, 1.165) is 41.6 Å². The third-order valence-electron chi connectivity index (χ3n) is 13.3. The molecule has 15 heteroatoms. The van der Waals surface area contributed by atoms with Crippen molar-refractivity contribution in [3.8, 4) is 11.8 Å². The summed E-state index contributed by atoms with van der Waals surface area (Å²) < 4.78 is 16.2. The van der Waals surface area contributed by atoms with Gasteiger partial charge in [0.1, 0.15) is 23.0 Å². The number of imide groups is 1. The van der Waals surface area contributed by atoms with Crippen molar-refractivity contribution in [3.05, 3.63) is 129 Å². The minimum atomic E-state index is -1.37. The van der Waals surface area contributed by atoms with Crippen LogP contribution in [0.15, 0.2) is 79.5 Å². The number of fused-ring (bicyclic) bond motifs is 4. The smallest absolute Gasteiger partial charge is 0.269 e. The lowest BCUT2D eigenvalue weighted by Gasteiger charge is -2.47. The number of rotatable bonds is 8. The predicted octanol–water partition coefficient (Wildman–Crippen LogP) is 6.97. The molecule has 63 heavy (non-hydrogen) atoms. The topological polar surface area (TPSA) is 162 Å². The molecule has 2 spiro atoms. The zero-order chi connectivity index (χ0) is 44.0. The number of unbranched alkanes of at least 4 members (excludes halogenated alkanes) is 1. The van der Waals surface area contributed by atoms with Crippen molar-refractivity contribution in [2.75, 3.05) is 17.2 Å². The number of nitrogens with zero attached hydrogens (tertiary/aromatic N) is 2. The largest absolute Gasteiger partial charge is 0.355 e. The highest BCUT2D eigenvalue weighted by atomic mass is 35.5. The Morgan fingerprint density at radius 3 is 2.59 bits per heavy atom. The van der Waals surface area contributed by atoms with Gasteiger partial charge < -0.3 is 20.9 Å². The molecule has 3 fully saturated rings. The molecule has 1 unspecified atom stereocenters. The Bertz CT molecular complexity index is 2660. The van der Waals surface area contributed by atoms with E-state index in [9.17, 15) is 24.0 Å². The maximum atomic E-state index is 16.2. The van der Waals surface area contributed by atoms with Crippen molar-refractivity contribution >= 4 is 69.8 Å². The van der Waals surface area contributed by atoms with Crippen molar-refractivity contribution in [2.24, 2.45) is 0 Å². The number of hydrogen-bond donors (Lipinski definition) is 5. The predicted molar refractivity (Wildman–Crippen MR) is 237 cm³/mol. The SMILES string of the molecule is C=C1c2cccc(C#CCCCNC(=O)c3ccc(NC(=O)[C@@H]4NC5(CCCCC5)[C@@]5(C(=O)Nc6cc(Cl)ccc65)[C@H]4c4cccc(Cl)c4F)cn3)c2CN1C1CCC(=O)NC1=O. The van der Waals surface area contributed by atoms with Gasteiger partial charge in [-0.05, 0) is 78.8 Å². The Morgan fingerprint density at radius 1 is 1.00 bits per heavy atom. The number of hydrogen-bond acceptors (Lipinski definition) is 8. The summed E-state index contributed by atoms with van der Waals surface area (Å²) in [5.41, 5.74) is 3.04. The quantitative estimate of drug-likeness (QED) is 0.0721. The van der Waals surface area contributed by atoms with Crippen molar-refractivity contribution in [2.45, 2.75) is 93.3 Å². The van der Waals surface area contributed by atoms with E-state index >= 15 is 4.39 Å². The summed E-state index contributed by atoms with van der Waals surface area (Å²) in [6, 6.07) is 17.2. The van der Waals surface area contributed by atoms with Crippen LogP contribution < -0.4 is 26.6 Å². The van der Waals surface area contributed by atoms with E-state index in [0.29, 0.717) is 67.2 Å².